The average molecular weight is 305 g/mol. The number of benzene rings is 1. The third kappa shape index (κ3) is 3.22. The molecule has 3 N–H and O–H groups in total. The van der Waals surface area contributed by atoms with Crippen LogP contribution in [0, 0.1) is 13.8 Å². The van der Waals surface area contributed by atoms with Crippen LogP contribution in [0.4, 0.5) is 5.69 Å². The van der Waals surface area contributed by atoms with Crippen molar-refractivity contribution < 1.29 is 8.42 Å². The molecule has 1 aromatic carbocycles. The average Bonchev–Trinajstić information content (AvgIpc) is 2.43. The van der Waals surface area contributed by atoms with Gasteiger partial charge in [-0.15, -0.1) is 0 Å². The van der Waals surface area contributed by atoms with Crippen molar-refractivity contribution in [1.29, 1.82) is 0 Å². The summed E-state index contributed by atoms with van der Waals surface area (Å²) in [7, 11) is -3.71. The summed E-state index contributed by atoms with van der Waals surface area (Å²) in [6, 6.07) is 8.51. The fourth-order valence-electron chi connectivity index (χ4n) is 2.15. The Bertz CT molecular complexity index is 743. The van der Waals surface area contributed by atoms with Crippen LogP contribution in [0.2, 0.25) is 0 Å². The van der Waals surface area contributed by atoms with Crippen LogP contribution in [0.1, 0.15) is 29.8 Å². The van der Waals surface area contributed by atoms with Crippen molar-refractivity contribution in [2.75, 3.05) is 5.73 Å². The molecule has 0 aliphatic carbocycles. The number of pyridine rings is 1. The number of nitrogens with zero attached hydrogens (tertiary/aromatic N) is 1. The molecule has 0 bridgehead atoms. The monoisotopic (exact) mass is 305 g/mol. The van der Waals surface area contributed by atoms with Crippen molar-refractivity contribution in [3.63, 3.8) is 0 Å². The highest BCUT2D eigenvalue weighted by Crippen LogP contribution is 2.27. The number of hydrogen-bond donors (Lipinski definition) is 2. The topological polar surface area (TPSA) is 85.1 Å². The summed E-state index contributed by atoms with van der Waals surface area (Å²) in [5.74, 6) is 0. The van der Waals surface area contributed by atoms with Gasteiger partial charge in [0.2, 0.25) is 10.0 Å². The van der Waals surface area contributed by atoms with Crippen LogP contribution in [-0.4, -0.2) is 13.4 Å². The van der Waals surface area contributed by atoms with Gasteiger partial charge in [0.25, 0.3) is 0 Å². The molecule has 1 aromatic heterocycles. The minimum Gasteiger partial charge on any atom is -0.397 e. The van der Waals surface area contributed by atoms with Crippen molar-refractivity contribution >= 4 is 15.7 Å². The molecule has 6 heteroatoms. The molecule has 0 fully saturated rings. The molecule has 0 spiro atoms. The Labute approximate surface area is 125 Å². The zero-order chi connectivity index (χ0) is 15.6. The van der Waals surface area contributed by atoms with Crippen molar-refractivity contribution in [2.45, 2.75) is 31.7 Å². The number of nitrogens with one attached hydrogen (secondary N) is 1. The Morgan fingerprint density at radius 1 is 1.14 bits per heavy atom. The zero-order valence-electron chi connectivity index (χ0n) is 12.3. The first-order valence-electron chi connectivity index (χ1n) is 6.62. The van der Waals surface area contributed by atoms with E-state index in [1.165, 1.54) is 0 Å². The fourth-order valence-corrected chi connectivity index (χ4v) is 3.79. The summed E-state index contributed by atoms with van der Waals surface area (Å²) >= 11 is 0. The van der Waals surface area contributed by atoms with E-state index < -0.39 is 16.1 Å². The van der Waals surface area contributed by atoms with Gasteiger partial charge in [0.1, 0.15) is 4.90 Å². The predicted octanol–water partition coefficient (Wildman–Crippen LogP) is 2.32. The van der Waals surface area contributed by atoms with Gasteiger partial charge >= 0.3 is 0 Å². The highest BCUT2D eigenvalue weighted by molar-refractivity contribution is 7.89. The molecule has 1 unspecified atom stereocenters. The van der Waals surface area contributed by atoms with Gasteiger partial charge in [0.05, 0.1) is 17.4 Å². The lowest BCUT2D eigenvalue weighted by Crippen LogP contribution is -2.28. The van der Waals surface area contributed by atoms with Crippen molar-refractivity contribution in [3.05, 3.63) is 53.3 Å². The maximum absolute atomic E-state index is 12.6. The van der Waals surface area contributed by atoms with E-state index in [2.05, 4.69) is 9.71 Å². The van der Waals surface area contributed by atoms with E-state index >= 15 is 0 Å². The molecule has 1 heterocycles. The third-order valence-corrected chi connectivity index (χ3v) is 5.09. The summed E-state index contributed by atoms with van der Waals surface area (Å²) in [5.41, 5.74) is 8.26. The lowest BCUT2D eigenvalue weighted by atomic mass is 10.1. The molecule has 0 radical (unpaired) electrons. The Hall–Kier alpha value is -1.92. The van der Waals surface area contributed by atoms with Gasteiger partial charge in [-0.1, -0.05) is 18.2 Å². The maximum atomic E-state index is 12.6. The van der Waals surface area contributed by atoms with Crippen LogP contribution in [0.15, 0.2) is 41.4 Å². The van der Waals surface area contributed by atoms with Crippen LogP contribution in [0.25, 0.3) is 0 Å². The normalized spacial score (nSPS) is 13.1. The lowest BCUT2D eigenvalue weighted by Gasteiger charge is -2.17. The maximum Gasteiger partial charge on any atom is 0.243 e. The van der Waals surface area contributed by atoms with E-state index in [1.54, 1.807) is 45.2 Å². The van der Waals surface area contributed by atoms with Crippen LogP contribution in [0.3, 0.4) is 0 Å². The van der Waals surface area contributed by atoms with Gasteiger partial charge in [-0.2, -0.15) is 0 Å². The van der Waals surface area contributed by atoms with E-state index in [1.807, 2.05) is 12.1 Å². The van der Waals surface area contributed by atoms with Gasteiger partial charge in [-0.25, -0.2) is 13.1 Å². The molecule has 2 rings (SSSR count). The Morgan fingerprint density at radius 3 is 2.43 bits per heavy atom. The molecule has 0 aliphatic rings. The van der Waals surface area contributed by atoms with Crippen molar-refractivity contribution in [2.24, 2.45) is 0 Å². The molecule has 0 amide bonds. The van der Waals surface area contributed by atoms with Crippen LogP contribution < -0.4 is 10.5 Å². The number of aryl methyl sites for hydroxylation is 2. The largest absolute Gasteiger partial charge is 0.397 e. The molecule has 0 saturated carbocycles. The first kappa shape index (κ1) is 15.5. The first-order valence-corrected chi connectivity index (χ1v) is 8.10. The van der Waals surface area contributed by atoms with Crippen LogP contribution >= 0.6 is 0 Å². The van der Waals surface area contributed by atoms with E-state index in [0.29, 0.717) is 11.3 Å². The number of rotatable bonds is 4. The molecule has 0 aliphatic heterocycles. The minimum atomic E-state index is -3.71. The summed E-state index contributed by atoms with van der Waals surface area (Å²) in [6.07, 6.45) is 1.63. The smallest absolute Gasteiger partial charge is 0.243 e. The van der Waals surface area contributed by atoms with Gasteiger partial charge in [-0.05, 0) is 44.0 Å². The molecule has 1 atom stereocenters. The molecular formula is C15H19N3O2S. The SMILES string of the molecule is Cc1ccc(C)c(S(=O)(=O)NC(C)c2ccccn2)c1N. The molecular weight excluding hydrogens is 286 g/mol. The minimum absolute atomic E-state index is 0.144. The van der Waals surface area contributed by atoms with Gasteiger partial charge in [0.15, 0.2) is 0 Å². The molecule has 0 saturated heterocycles. The molecule has 5 nitrogen and oxygen atoms in total. The van der Waals surface area contributed by atoms with E-state index in [9.17, 15) is 8.42 Å². The Morgan fingerprint density at radius 2 is 1.81 bits per heavy atom. The fraction of sp³-hybridized carbons (Fsp3) is 0.267. The van der Waals surface area contributed by atoms with E-state index in [-0.39, 0.29) is 10.6 Å². The van der Waals surface area contributed by atoms with Gasteiger partial charge < -0.3 is 5.73 Å². The Kier molecular flexibility index (Phi) is 4.29. The molecule has 2 aromatic rings. The second-order valence-electron chi connectivity index (χ2n) is 5.04. The van der Waals surface area contributed by atoms with Gasteiger partial charge in [-0.3, -0.25) is 4.98 Å². The van der Waals surface area contributed by atoms with E-state index in [0.717, 1.165) is 5.56 Å². The van der Waals surface area contributed by atoms with E-state index in [4.69, 9.17) is 5.73 Å². The quantitative estimate of drug-likeness (QED) is 0.849. The second-order valence-corrected chi connectivity index (χ2v) is 6.69. The highest BCUT2D eigenvalue weighted by Gasteiger charge is 2.24. The zero-order valence-corrected chi connectivity index (χ0v) is 13.1. The van der Waals surface area contributed by atoms with Crippen molar-refractivity contribution in [1.82, 2.24) is 9.71 Å². The molecule has 21 heavy (non-hydrogen) atoms. The van der Waals surface area contributed by atoms with Gasteiger partial charge in [0, 0.05) is 6.20 Å². The summed E-state index contributed by atoms with van der Waals surface area (Å²) in [5, 5.41) is 0. The predicted molar refractivity (Wildman–Crippen MR) is 83.3 cm³/mol. The lowest BCUT2D eigenvalue weighted by molar-refractivity contribution is 0.563. The van der Waals surface area contributed by atoms with Crippen LogP contribution in [-0.2, 0) is 10.0 Å². The second kappa shape index (κ2) is 5.83. The summed E-state index contributed by atoms with van der Waals surface area (Å²) < 4.78 is 27.8. The van der Waals surface area contributed by atoms with Crippen LogP contribution in [0.5, 0.6) is 0 Å². The third-order valence-electron chi connectivity index (χ3n) is 3.34. The number of anilines is 1. The number of hydrogen-bond acceptors (Lipinski definition) is 4. The standard InChI is InChI=1S/C15H19N3O2S/c1-10-7-8-11(2)15(14(10)16)21(19,20)18-12(3)13-6-4-5-9-17-13/h4-9,12,18H,16H2,1-3H3. The first-order chi connectivity index (χ1) is 9.83. The summed E-state index contributed by atoms with van der Waals surface area (Å²) in [4.78, 5) is 4.30. The number of sulfonamides is 1. The van der Waals surface area contributed by atoms with Crippen molar-refractivity contribution in [3.8, 4) is 0 Å². The molecule has 112 valence electrons. The highest BCUT2D eigenvalue weighted by atomic mass is 32.2. The number of aromatic nitrogens is 1. The number of nitrogens with two attached hydrogens (primary N) is 1. The Balaban J connectivity index is 2.38. The summed E-state index contributed by atoms with van der Waals surface area (Å²) in [6.45, 7) is 5.27. The number of nitrogen functional groups attached to an aromatic ring is 1.